The van der Waals surface area contributed by atoms with Crippen LogP contribution in [0.25, 0.3) is 6.08 Å². The van der Waals surface area contributed by atoms with Crippen LogP contribution in [-0.2, 0) is 19.1 Å². The molecule has 1 N–H and O–H groups in total. The van der Waals surface area contributed by atoms with Crippen molar-refractivity contribution < 1.29 is 23.5 Å². The lowest BCUT2D eigenvalue weighted by Gasteiger charge is -2.27. The number of rotatable bonds is 4. The smallest absolute Gasteiger partial charge is 0.220 e. The highest BCUT2D eigenvalue weighted by Gasteiger charge is 2.67. The van der Waals surface area contributed by atoms with Crippen molar-refractivity contribution >= 4 is 29.1 Å². The second-order valence-electron chi connectivity index (χ2n) is 12.0. The Morgan fingerprint density at radius 1 is 1.25 bits per heavy atom. The molecule has 5 atom stereocenters. The van der Waals surface area contributed by atoms with Crippen LogP contribution in [0.15, 0.2) is 11.2 Å². The first-order chi connectivity index (χ1) is 16.9. The van der Waals surface area contributed by atoms with Crippen molar-refractivity contribution in [2.75, 3.05) is 6.61 Å². The molecule has 4 rings (SSSR count). The molecule has 6 nitrogen and oxygen atoms in total. The molecule has 5 unspecified atom stereocenters. The fourth-order valence-electron chi connectivity index (χ4n) is 5.55. The van der Waals surface area contributed by atoms with Crippen molar-refractivity contribution in [1.29, 1.82) is 0 Å². The van der Waals surface area contributed by atoms with Gasteiger partial charge in [-0.15, -0.1) is 11.3 Å². The van der Waals surface area contributed by atoms with E-state index < -0.39 is 22.9 Å². The highest BCUT2D eigenvalue weighted by Crippen LogP contribution is 2.58. The molecule has 1 amide bonds. The Bertz CT molecular complexity index is 1000. The molecule has 36 heavy (non-hydrogen) atoms. The first kappa shape index (κ1) is 27.4. The Hall–Kier alpha value is -1.64. The molecular formula is C28H41FN2O4S. The number of Topliss-reactive ketones (excluding diaryl/α,β-unsaturated/α-hetero) is 1. The van der Waals surface area contributed by atoms with Crippen LogP contribution >= 0.6 is 11.3 Å². The van der Waals surface area contributed by atoms with Gasteiger partial charge in [-0.3, -0.25) is 9.59 Å². The van der Waals surface area contributed by atoms with Gasteiger partial charge in [-0.25, -0.2) is 9.37 Å². The van der Waals surface area contributed by atoms with E-state index in [4.69, 9.17) is 9.47 Å². The third kappa shape index (κ3) is 6.62. The van der Waals surface area contributed by atoms with Crippen molar-refractivity contribution in [2.24, 2.45) is 11.3 Å². The van der Waals surface area contributed by atoms with Crippen LogP contribution < -0.4 is 5.32 Å². The number of halogens is 1. The van der Waals surface area contributed by atoms with Crippen LogP contribution in [0.3, 0.4) is 0 Å². The highest BCUT2D eigenvalue weighted by atomic mass is 32.1. The number of hydrogen-bond acceptors (Lipinski definition) is 6. The third-order valence-corrected chi connectivity index (χ3v) is 9.17. The summed E-state index contributed by atoms with van der Waals surface area (Å²) in [5.74, 6) is -0.0388. The van der Waals surface area contributed by atoms with Gasteiger partial charge in [0.2, 0.25) is 5.91 Å². The maximum atomic E-state index is 15.7. The van der Waals surface area contributed by atoms with Crippen molar-refractivity contribution in [3.8, 4) is 0 Å². The minimum atomic E-state index is -0.828. The summed E-state index contributed by atoms with van der Waals surface area (Å²) in [4.78, 5) is 30.3. The van der Waals surface area contributed by atoms with Gasteiger partial charge in [0, 0.05) is 36.5 Å². The van der Waals surface area contributed by atoms with Crippen LogP contribution in [0, 0.1) is 18.3 Å². The number of nitrogens with zero attached hydrogens (tertiary/aromatic N) is 1. The van der Waals surface area contributed by atoms with Crippen LogP contribution in [-0.4, -0.2) is 46.6 Å². The zero-order valence-corrected chi connectivity index (χ0v) is 23.1. The minimum Gasteiger partial charge on any atom is -0.373 e. The van der Waals surface area contributed by atoms with Crippen molar-refractivity contribution in [1.82, 2.24) is 10.3 Å². The van der Waals surface area contributed by atoms with Gasteiger partial charge in [0.05, 0.1) is 35.1 Å². The molecule has 8 heteroatoms. The van der Waals surface area contributed by atoms with Crippen molar-refractivity contribution in [3.05, 3.63) is 21.9 Å². The van der Waals surface area contributed by atoms with E-state index in [1.54, 1.807) is 0 Å². The molecule has 1 aromatic rings. The van der Waals surface area contributed by atoms with E-state index >= 15 is 4.39 Å². The van der Waals surface area contributed by atoms with E-state index in [2.05, 4.69) is 24.1 Å². The number of aryl methyl sites for hydroxylation is 1. The van der Waals surface area contributed by atoms with Gasteiger partial charge in [-0.1, -0.05) is 33.6 Å². The molecule has 3 aliphatic rings. The van der Waals surface area contributed by atoms with Crippen molar-refractivity contribution in [2.45, 2.75) is 116 Å². The van der Waals surface area contributed by atoms with Gasteiger partial charge in [-0.05, 0) is 45.1 Å². The molecular weight excluding hydrogens is 479 g/mol. The summed E-state index contributed by atoms with van der Waals surface area (Å²) >= 11 is 1.46. The Balaban J connectivity index is 1.59. The van der Waals surface area contributed by atoms with E-state index in [-0.39, 0.29) is 29.8 Å². The van der Waals surface area contributed by atoms with Crippen molar-refractivity contribution in [3.63, 3.8) is 0 Å². The van der Waals surface area contributed by atoms with Gasteiger partial charge in [0.25, 0.3) is 0 Å². The fraction of sp³-hybridized carbons (Fsp3) is 0.750. The predicted octanol–water partition coefficient (Wildman–Crippen LogP) is 5.93. The summed E-state index contributed by atoms with van der Waals surface area (Å²) in [7, 11) is 0. The number of aromatic nitrogens is 1. The molecule has 0 spiro atoms. The van der Waals surface area contributed by atoms with Gasteiger partial charge >= 0.3 is 0 Å². The SMILES string of the molecule is Cc1nc(C=C(F)C2CC3(CC4CO4)OC3(C)CCCC(C)CCC(=O)C(C)(C)CCC(=O)N2)cs1. The normalized spacial score (nSPS) is 36.2. The largest absolute Gasteiger partial charge is 0.373 e. The summed E-state index contributed by atoms with van der Waals surface area (Å²) in [6, 6.07) is -0.828. The zero-order valence-electron chi connectivity index (χ0n) is 22.3. The Labute approximate surface area is 218 Å². The number of ether oxygens (including phenoxy) is 2. The van der Waals surface area contributed by atoms with Gasteiger partial charge in [-0.2, -0.15) is 0 Å². The van der Waals surface area contributed by atoms with Crippen LogP contribution in [0.4, 0.5) is 4.39 Å². The van der Waals surface area contributed by atoms with E-state index in [0.717, 1.165) is 30.7 Å². The molecule has 0 bridgehead atoms. The first-order valence-electron chi connectivity index (χ1n) is 13.4. The van der Waals surface area contributed by atoms with E-state index in [0.29, 0.717) is 43.9 Å². The van der Waals surface area contributed by atoms with Crippen LogP contribution in [0.5, 0.6) is 0 Å². The molecule has 3 saturated heterocycles. The number of nitrogens with one attached hydrogen (secondary N) is 1. The molecule has 200 valence electrons. The Morgan fingerprint density at radius 2 is 2.00 bits per heavy atom. The lowest BCUT2D eigenvalue weighted by molar-refractivity contribution is -0.128. The summed E-state index contributed by atoms with van der Waals surface area (Å²) in [6.07, 6.45) is 7.47. The van der Waals surface area contributed by atoms with Gasteiger partial charge in [0.1, 0.15) is 17.2 Å². The molecule has 0 aliphatic carbocycles. The topological polar surface area (TPSA) is 84.1 Å². The molecule has 0 aromatic carbocycles. The second-order valence-corrected chi connectivity index (χ2v) is 13.0. The minimum absolute atomic E-state index is 0.132. The standard InChI is InChI=1S/C28H41FN2O4S/c1-18-7-6-11-27(5)28(35-27,14-21-16-34-21)15-23(22(29)13-20-17-36-19(2)30-20)31-25(33)10-12-26(3,4)24(32)9-8-18/h13,17-18,21,23H,6-12,14-16H2,1-5H3,(H,31,33). The summed E-state index contributed by atoms with van der Waals surface area (Å²) in [5.41, 5.74) is -0.950. The number of hydrogen-bond donors (Lipinski definition) is 1. The number of carbonyl (C=O) groups is 2. The number of thiazole rings is 1. The maximum absolute atomic E-state index is 15.7. The molecule has 4 heterocycles. The number of fused-ring (bicyclic) bond motifs is 1. The lowest BCUT2D eigenvalue weighted by Crippen LogP contribution is -2.41. The number of carbonyl (C=O) groups excluding carboxylic acids is 2. The zero-order chi connectivity index (χ0) is 26.1. The highest BCUT2D eigenvalue weighted by molar-refractivity contribution is 7.09. The fourth-order valence-corrected chi connectivity index (χ4v) is 6.12. The molecule has 0 radical (unpaired) electrons. The van der Waals surface area contributed by atoms with E-state index in [9.17, 15) is 9.59 Å². The second kappa shape index (κ2) is 10.6. The molecule has 1 aromatic heterocycles. The first-order valence-corrected chi connectivity index (χ1v) is 14.2. The predicted molar refractivity (Wildman–Crippen MR) is 139 cm³/mol. The molecule has 0 saturated carbocycles. The molecule has 3 fully saturated rings. The van der Waals surface area contributed by atoms with Crippen LogP contribution in [0.1, 0.15) is 96.2 Å². The average Bonchev–Trinajstić information content (AvgIpc) is 3.67. The monoisotopic (exact) mass is 520 g/mol. The number of amides is 1. The van der Waals surface area contributed by atoms with E-state index in [1.165, 1.54) is 17.4 Å². The lowest BCUT2D eigenvalue weighted by atomic mass is 9.78. The quantitative estimate of drug-likeness (QED) is 0.498. The maximum Gasteiger partial charge on any atom is 0.220 e. The number of epoxide rings is 2. The Kier molecular flexibility index (Phi) is 8.08. The summed E-state index contributed by atoms with van der Waals surface area (Å²) in [6.45, 7) is 10.7. The molecule has 3 aliphatic heterocycles. The van der Waals surface area contributed by atoms with Crippen LogP contribution in [0.2, 0.25) is 0 Å². The average molecular weight is 521 g/mol. The van der Waals surface area contributed by atoms with Gasteiger partial charge < -0.3 is 14.8 Å². The summed E-state index contributed by atoms with van der Waals surface area (Å²) in [5, 5.41) is 5.61. The third-order valence-electron chi connectivity index (χ3n) is 8.37. The van der Waals surface area contributed by atoms with E-state index in [1.807, 2.05) is 26.2 Å². The van der Waals surface area contributed by atoms with Gasteiger partial charge in [0.15, 0.2) is 0 Å². The summed E-state index contributed by atoms with van der Waals surface area (Å²) < 4.78 is 27.7. The Morgan fingerprint density at radius 3 is 2.67 bits per heavy atom. The number of ketones is 1.